The number of nitro benzene ring substituents is 1. The Labute approximate surface area is 207 Å². The van der Waals surface area contributed by atoms with Crippen molar-refractivity contribution in [1.82, 2.24) is 30.7 Å². The number of non-ortho nitro benzene ring substituents is 1. The first-order chi connectivity index (χ1) is 18.0. The van der Waals surface area contributed by atoms with Crippen LogP contribution in [0.25, 0.3) is 28.2 Å². The fourth-order valence-electron chi connectivity index (χ4n) is 4.22. The Morgan fingerprint density at radius 3 is 2.27 bits per heavy atom. The number of carbonyl (C=O) groups excluding carboxylic acids is 1. The second-order valence-corrected chi connectivity index (χ2v) is 7.97. The number of amides is 1. The van der Waals surface area contributed by atoms with E-state index >= 15 is 0 Å². The summed E-state index contributed by atoms with van der Waals surface area (Å²) in [5.74, 6) is -0.835. The number of nitrogens with two attached hydrogens (primary N) is 1. The summed E-state index contributed by atoms with van der Waals surface area (Å²) in [4.78, 5) is 24.2. The molecular weight excluding hydrogens is 478 g/mol. The zero-order valence-corrected chi connectivity index (χ0v) is 18.8. The Morgan fingerprint density at radius 1 is 0.973 bits per heavy atom. The van der Waals surface area contributed by atoms with E-state index < -0.39 is 10.8 Å². The van der Waals surface area contributed by atoms with E-state index in [9.17, 15) is 14.9 Å². The number of nitrogens with one attached hydrogen (secondary N) is 1. The number of nitrogens with zero attached hydrogens (tertiary/aromatic N) is 7. The summed E-state index contributed by atoms with van der Waals surface area (Å²) in [6, 6.07) is 21.1. The number of hydrogen-bond donors (Lipinski definition) is 2. The van der Waals surface area contributed by atoms with Gasteiger partial charge in [-0.25, -0.2) is 10.1 Å². The number of nitrogen functional groups attached to an aromatic ring is 1. The predicted octanol–water partition coefficient (Wildman–Crippen LogP) is 2.97. The molecule has 1 amide bonds. The highest BCUT2D eigenvalue weighted by Gasteiger charge is 2.28. The van der Waals surface area contributed by atoms with Crippen LogP contribution in [-0.4, -0.2) is 41.8 Å². The molecule has 0 aliphatic heterocycles. The molecule has 3 aromatic carbocycles. The van der Waals surface area contributed by atoms with Crippen LogP contribution < -0.4 is 11.2 Å². The van der Waals surface area contributed by atoms with Gasteiger partial charge in [-0.2, -0.15) is 9.78 Å². The number of anilines is 1. The zero-order valence-electron chi connectivity index (χ0n) is 18.8. The minimum absolute atomic E-state index is 0.0296. The van der Waals surface area contributed by atoms with Crippen molar-refractivity contribution in [2.75, 3.05) is 5.73 Å². The maximum absolute atomic E-state index is 13.3. The van der Waals surface area contributed by atoms with Crippen LogP contribution in [0.5, 0.6) is 0 Å². The Kier molecular flexibility index (Phi) is 5.00. The molecule has 37 heavy (non-hydrogen) atoms. The van der Waals surface area contributed by atoms with E-state index in [1.165, 1.54) is 18.2 Å². The number of hydrogen-bond acceptors (Lipinski definition) is 10. The molecule has 0 bridgehead atoms. The summed E-state index contributed by atoms with van der Waals surface area (Å²) in [7, 11) is 0. The number of fused-ring (bicyclic) bond motifs is 3. The summed E-state index contributed by atoms with van der Waals surface area (Å²) >= 11 is 0. The van der Waals surface area contributed by atoms with E-state index in [4.69, 9.17) is 5.73 Å². The lowest BCUT2D eigenvalue weighted by molar-refractivity contribution is -0.384. The fourth-order valence-corrected chi connectivity index (χ4v) is 4.22. The Hall–Kier alpha value is -5.72. The van der Waals surface area contributed by atoms with E-state index in [1.54, 1.807) is 6.07 Å². The van der Waals surface area contributed by atoms with Gasteiger partial charge < -0.3 is 5.73 Å². The summed E-state index contributed by atoms with van der Waals surface area (Å²) in [6.45, 7) is 0. The van der Waals surface area contributed by atoms with E-state index in [0.29, 0.717) is 5.71 Å². The molecular formula is C24H15N9O4. The van der Waals surface area contributed by atoms with Crippen molar-refractivity contribution < 1.29 is 14.3 Å². The van der Waals surface area contributed by atoms with Gasteiger partial charge in [0, 0.05) is 28.8 Å². The highest BCUT2D eigenvalue weighted by atomic mass is 16.6. The first-order valence-electron chi connectivity index (χ1n) is 10.9. The Balaban J connectivity index is 1.44. The van der Waals surface area contributed by atoms with Gasteiger partial charge in [-0.3, -0.25) is 14.9 Å². The average molecular weight is 493 g/mol. The number of hydrazone groups is 1. The smallest absolute Gasteiger partial charge is 0.294 e. The van der Waals surface area contributed by atoms with Crippen LogP contribution in [0.4, 0.5) is 11.5 Å². The van der Waals surface area contributed by atoms with E-state index in [1.807, 2.05) is 48.5 Å². The first kappa shape index (κ1) is 21.8. The van der Waals surface area contributed by atoms with Gasteiger partial charge in [-0.05, 0) is 21.4 Å². The molecule has 5 aromatic rings. The maximum Gasteiger partial charge on any atom is 0.294 e. The third-order valence-corrected chi connectivity index (χ3v) is 5.84. The molecule has 0 saturated carbocycles. The van der Waals surface area contributed by atoms with Crippen molar-refractivity contribution in [2.45, 2.75) is 0 Å². The van der Waals surface area contributed by atoms with Crippen molar-refractivity contribution in [3.63, 3.8) is 0 Å². The Bertz CT molecular complexity index is 1690. The van der Waals surface area contributed by atoms with E-state index in [-0.39, 0.29) is 34.3 Å². The summed E-state index contributed by atoms with van der Waals surface area (Å²) in [5.41, 5.74) is 12.7. The lowest BCUT2D eigenvalue weighted by Gasteiger charge is -2.06. The molecule has 13 nitrogen and oxygen atoms in total. The quantitative estimate of drug-likeness (QED) is 0.269. The highest BCUT2D eigenvalue weighted by molar-refractivity contribution is 6.24. The predicted molar refractivity (Wildman–Crippen MR) is 131 cm³/mol. The molecule has 180 valence electrons. The molecule has 6 rings (SSSR count). The molecule has 0 atom stereocenters. The van der Waals surface area contributed by atoms with Gasteiger partial charge in [0.25, 0.3) is 11.6 Å². The molecule has 0 saturated heterocycles. The molecule has 1 aliphatic carbocycles. The van der Waals surface area contributed by atoms with Crippen molar-refractivity contribution in [3.8, 4) is 28.2 Å². The minimum atomic E-state index is -0.697. The van der Waals surface area contributed by atoms with Crippen LogP contribution in [0.1, 0.15) is 21.6 Å². The molecule has 3 N–H and O–H groups in total. The van der Waals surface area contributed by atoms with Gasteiger partial charge >= 0.3 is 0 Å². The van der Waals surface area contributed by atoms with Crippen LogP contribution in [-0.2, 0) is 0 Å². The lowest BCUT2D eigenvalue weighted by atomic mass is 10.1. The molecule has 13 heteroatoms. The second-order valence-electron chi connectivity index (χ2n) is 7.97. The van der Waals surface area contributed by atoms with Gasteiger partial charge in [-0.15, -0.1) is 5.10 Å². The van der Waals surface area contributed by atoms with Crippen molar-refractivity contribution >= 4 is 23.1 Å². The summed E-state index contributed by atoms with van der Waals surface area (Å²) in [6.07, 6.45) is 0. The van der Waals surface area contributed by atoms with Crippen molar-refractivity contribution in [3.05, 3.63) is 99.7 Å². The van der Waals surface area contributed by atoms with Gasteiger partial charge in [-0.1, -0.05) is 65.9 Å². The summed E-state index contributed by atoms with van der Waals surface area (Å²) < 4.78 is 5.79. The third kappa shape index (κ3) is 3.58. The van der Waals surface area contributed by atoms with Gasteiger partial charge in [0.1, 0.15) is 5.69 Å². The van der Waals surface area contributed by atoms with Crippen LogP contribution in [0.3, 0.4) is 0 Å². The van der Waals surface area contributed by atoms with Crippen LogP contribution in [0, 0.1) is 10.1 Å². The topological polar surface area (TPSA) is 180 Å². The largest absolute Gasteiger partial charge is 0.378 e. The molecule has 2 aromatic heterocycles. The third-order valence-electron chi connectivity index (χ3n) is 5.84. The van der Waals surface area contributed by atoms with Crippen LogP contribution in [0.15, 0.2) is 82.5 Å². The molecule has 0 fully saturated rings. The number of carbonyl (C=O) groups is 1. The molecule has 2 heterocycles. The van der Waals surface area contributed by atoms with Crippen LogP contribution in [0.2, 0.25) is 0 Å². The summed E-state index contributed by atoms with van der Waals surface area (Å²) in [5, 5.41) is 31.0. The van der Waals surface area contributed by atoms with Crippen LogP contribution >= 0.6 is 0 Å². The van der Waals surface area contributed by atoms with Gasteiger partial charge in [0.05, 0.1) is 10.6 Å². The van der Waals surface area contributed by atoms with Gasteiger partial charge in [0.15, 0.2) is 5.69 Å². The van der Waals surface area contributed by atoms with E-state index in [2.05, 4.69) is 35.8 Å². The van der Waals surface area contributed by atoms with Crippen molar-refractivity contribution in [1.29, 1.82) is 0 Å². The Morgan fingerprint density at radius 2 is 1.65 bits per heavy atom. The number of nitro groups is 1. The monoisotopic (exact) mass is 493 g/mol. The van der Waals surface area contributed by atoms with Gasteiger partial charge in [0.2, 0.25) is 11.6 Å². The average Bonchev–Trinajstić information content (AvgIpc) is 3.62. The lowest BCUT2D eigenvalue weighted by Crippen LogP contribution is -2.21. The molecule has 0 radical (unpaired) electrons. The first-order valence-corrected chi connectivity index (χ1v) is 10.9. The number of rotatable bonds is 5. The second kappa shape index (κ2) is 8.49. The minimum Gasteiger partial charge on any atom is -0.378 e. The maximum atomic E-state index is 13.3. The molecule has 0 spiro atoms. The number of aromatic nitrogens is 5. The highest BCUT2D eigenvalue weighted by Crippen LogP contribution is 2.36. The zero-order chi connectivity index (χ0) is 25.5. The molecule has 0 unspecified atom stereocenters. The molecule has 1 aliphatic rings. The normalized spacial score (nSPS) is 11.6. The number of benzene rings is 3. The SMILES string of the molecule is Nc1nonc1-n1nnc(C(=O)NN=C2c3ccccc3-c3ccccc32)c1-c1cccc([N+](=O)[O-])c1. The van der Waals surface area contributed by atoms with E-state index in [0.717, 1.165) is 26.9 Å². The fraction of sp³-hybridized carbons (Fsp3) is 0. The standard InChI is InChI=1S/C24H15N9O4/c25-22-23(30-37-29-22)32-21(13-6-5-7-14(12-13)33(35)36)20(27-31-32)24(34)28-26-19-17-10-3-1-8-15(17)16-9-2-4-11-18(16)19/h1-12H,(H2,25,29)(H,28,34). The van der Waals surface area contributed by atoms with Crippen molar-refractivity contribution in [2.24, 2.45) is 5.10 Å².